The molecule has 0 saturated carbocycles. The minimum Gasteiger partial charge on any atom is -0.355 e. The number of rotatable bonds is 8. The van der Waals surface area contributed by atoms with Crippen molar-refractivity contribution in [1.82, 2.24) is 29.9 Å². The monoisotopic (exact) mass is 499 g/mol. The van der Waals surface area contributed by atoms with Crippen LogP contribution in [0.3, 0.4) is 0 Å². The van der Waals surface area contributed by atoms with Gasteiger partial charge in [-0.15, -0.1) is 0 Å². The van der Waals surface area contributed by atoms with Crippen LogP contribution in [0.5, 0.6) is 0 Å². The van der Waals surface area contributed by atoms with E-state index in [2.05, 4.69) is 25.0 Å². The Morgan fingerprint density at radius 1 is 1.20 bits per heavy atom. The number of carbonyl (C=O) groups excluding carboxylic acids is 2. The highest BCUT2D eigenvalue weighted by Crippen LogP contribution is 2.30. The molecule has 1 aliphatic heterocycles. The van der Waals surface area contributed by atoms with Gasteiger partial charge in [-0.25, -0.2) is 23.1 Å². The molecule has 12 heteroatoms. The maximum atomic E-state index is 13.3. The lowest BCUT2D eigenvalue weighted by atomic mass is 10.0. The molecule has 35 heavy (non-hydrogen) atoms. The second-order valence-electron chi connectivity index (χ2n) is 8.58. The fourth-order valence-electron chi connectivity index (χ4n) is 4.27. The van der Waals surface area contributed by atoms with Crippen molar-refractivity contribution in [3.63, 3.8) is 0 Å². The Balaban J connectivity index is 1.56. The van der Waals surface area contributed by atoms with Crippen molar-refractivity contribution in [3.8, 4) is 0 Å². The van der Waals surface area contributed by atoms with Gasteiger partial charge >= 0.3 is 0 Å². The largest absolute Gasteiger partial charge is 0.355 e. The van der Waals surface area contributed by atoms with Gasteiger partial charge in [0.05, 0.1) is 11.6 Å². The Morgan fingerprint density at radius 3 is 2.69 bits per heavy atom. The molecule has 11 nitrogen and oxygen atoms in total. The summed E-state index contributed by atoms with van der Waals surface area (Å²) in [5.41, 5.74) is 1.98. The number of sulfonamides is 1. The number of aromatic amines is 1. The van der Waals surface area contributed by atoms with E-state index in [9.17, 15) is 18.0 Å². The molecule has 0 bridgehead atoms. The van der Waals surface area contributed by atoms with Gasteiger partial charge < -0.3 is 20.1 Å². The van der Waals surface area contributed by atoms with Crippen molar-refractivity contribution in [1.29, 1.82) is 0 Å². The number of fused-ring (bicyclic) bond motifs is 1. The van der Waals surface area contributed by atoms with E-state index >= 15 is 0 Å². The molecule has 2 amide bonds. The average molecular weight is 500 g/mol. The number of amides is 2. The fraction of sp³-hybridized carbons (Fsp3) is 0.391. The minimum absolute atomic E-state index is 0.110. The second-order valence-corrected chi connectivity index (χ2v) is 10.4. The lowest BCUT2D eigenvalue weighted by molar-refractivity contribution is -0.118. The van der Waals surface area contributed by atoms with Crippen LogP contribution in [0.4, 0.5) is 11.5 Å². The smallest absolute Gasteiger partial charge is 0.253 e. The normalized spacial score (nSPS) is 14.7. The Hall–Kier alpha value is -3.51. The van der Waals surface area contributed by atoms with Gasteiger partial charge in [0.25, 0.3) is 5.91 Å². The summed E-state index contributed by atoms with van der Waals surface area (Å²) in [5, 5.41) is 3.64. The molecule has 0 radical (unpaired) electrons. The first-order chi connectivity index (χ1) is 16.7. The second kappa shape index (κ2) is 10.4. The third-order valence-corrected chi connectivity index (χ3v) is 6.63. The van der Waals surface area contributed by atoms with Crippen molar-refractivity contribution < 1.29 is 18.0 Å². The van der Waals surface area contributed by atoms with Crippen molar-refractivity contribution in [2.24, 2.45) is 0 Å². The number of likely N-dealkylation sites (tertiary alicyclic amines) is 1. The number of benzene rings is 1. The number of nitrogens with zero attached hydrogens (tertiary/aromatic N) is 4. The molecule has 1 aliphatic rings. The number of piperidine rings is 1. The maximum Gasteiger partial charge on any atom is 0.253 e. The van der Waals surface area contributed by atoms with E-state index in [1.165, 1.54) is 13.3 Å². The quantitative estimate of drug-likeness (QED) is 0.425. The van der Waals surface area contributed by atoms with Gasteiger partial charge in [0.1, 0.15) is 17.8 Å². The van der Waals surface area contributed by atoms with E-state index in [1.54, 1.807) is 17.2 Å². The van der Waals surface area contributed by atoms with Crippen molar-refractivity contribution in [2.75, 3.05) is 37.3 Å². The van der Waals surface area contributed by atoms with Crippen LogP contribution in [0.1, 0.15) is 30.1 Å². The van der Waals surface area contributed by atoms with Gasteiger partial charge in [-0.2, -0.15) is 0 Å². The number of nitrogens with one attached hydrogen (secondary N) is 3. The van der Waals surface area contributed by atoms with Gasteiger partial charge in [-0.05, 0) is 37.1 Å². The molecule has 4 rings (SSSR count). The van der Waals surface area contributed by atoms with E-state index in [0.29, 0.717) is 56.0 Å². The predicted molar refractivity (Wildman–Crippen MR) is 133 cm³/mol. The van der Waals surface area contributed by atoms with E-state index in [0.717, 1.165) is 17.3 Å². The Bertz CT molecular complexity index is 1320. The summed E-state index contributed by atoms with van der Waals surface area (Å²) in [4.78, 5) is 40.2. The van der Waals surface area contributed by atoms with Crippen LogP contribution in [0.25, 0.3) is 11.0 Å². The molecule has 0 atom stereocenters. The summed E-state index contributed by atoms with van der Waals surface area (Å²) in [6.45, 7) is 3.24. The zero-order valence-electron chi connectivity index (χ0n) is 19.7. The van der Waals surface area contributed by atoms with Gasteiger partial charge in [-0.1, -0.05) is 6.07 Å². The van der Waals surface area contributed by atoms with E-state index < -0.39 is 10.0 Å². The zero-order valence-corrected chi connectivity index (χ0v) is 20.5. The van der Waals surface area contributed by atoms with E-state index in [4.69, 9.17) is 0 Å². The summed E-state index contributed by atoms with van der Waals surface area (Å²) in [6, 6.07) is 9.03. The first kappa shape index (κ1) is 24.6. The number of H-pyrrole nitrogens is 1. The van der Waals surface area contributed by atoms with E-state index in [-0.39, 0.29) is 17.9 Å². The fourth-order valence-corrected chi connectivity index (χ4v) is 5.11. The van der Waals surface area contributed by atoms with Gasteiger partial charge in [0, 0.05) is 56.6 Å². The van der Waals surface area contributed by atoms with Crippen LogP contribution in [0.15, 0.2) is 42.9 Å². The van der Waals surface area contributed by atoms with Gasteiger partial charge in [-0.3, -0.25) is 9.59 Å². The summed E-state index contributed by atoms with van der Waals surface area (Å²) in [7, 11) is -3.28. The van der Waals surface area contributed by atoms with Crippen LogP contribution in [-0.2, 0) is 14.8 Å². The number of hydrogen-bond donors (Lipinski definition) is 3. The molecule has 1 saturated heterocycles. The van der Waals surface area contributed by atoms with Crippen molar-refractivity contribution in [3.05, 3.63) is 48.4 Å². The lowest BCUT2D eigenvalue weighted by Gasteiger charge is -2.32. The first-order valence-corrected chi connectivity index (χ1v) is 13.3. The predicted octanol–water partition coefficient (Wildman–Crippen LogP) is 1.39. The highest BCUT2D eigenvalue weighted by atomic mass is 32.2. The molecular formula is C23H29N7O4S. The van der Waals surface area contributed by atoms with E-state index in [1.807, 2.05) is 29.2 Å². The molecule has 1 fully saturated rings. The van der Waals surface area contributed by atoms with Crippen LogP contribution < -0.4 is 14.9 Å². The topological polar surface area (TPSA) is 140 Å². The third-order valence-electron chi connectivity index (χ3n) is 5.87. The van der Waals surface area contributed by atoms with Crippen LogP contribution >= 0.6 is 0 Å². The highest BCUT2D eigenvalue weighted by Gasteiger charge is 2.26. The number of anilines is 2. The first-order valence-electron chi connectivity index (χ1n) is 11.4. The minimum atomic E-state index is -3.28. The molecular weight excluding hydrogens is 470 g/mol. The molecule has 1 aromatic carbocycles. The van der Waals surface area contributed by atoms with Gasteiger partial charge in [0.2, 0.25) is 15.9 Å². The number of carbonyl (C=O) groups is 2. The third kappa shape index (κ3) is 6.14. The standard InChI is InChI=1S/C23H29N7O4S/c1-16(31)24-10-13-30(22-20-6-9-25-21(20)26-15-27-22)19-5-3-4-17(14-19)23(32)29-11-7-18(8-12-29)28-35(2,33)34/h3-6,9,14-15,18,28H,7-8,10-13H2,1-2H3,(H,24,31)(H,25,26,27). The Kier molecular flexibility index (Phi) is 7.31. The summed E-state index contributed by atoms with van der Waals surface area (Å²) >= 11 is 0. The van der Waals surface area contributed by atoms with Crippen LogP contribution in [-0.4, -0.2) is 78.6 Å². The Labute approximate surface area is 204 Å². The highest BCUT2D eigenvalue weighted by molar-refractivity contribution is 7.88. The molecule has 3 heterocycles. The average Bonchev–Trinajstić information content (AvgIpc) is 3.30. The molecule has 2 aromatic heterocycles. The van der Waals surface area contributed by atoms with Crippen molar-refractivity contribution >= 4 is 44.4 Å². The van der Waals surface area contributed by atoms with Crippen molar-refractivity contribution in [2.45, 2.75) is 25.8 Å². The number of hydrogen-bond acceptors (Lipinski definition) is 7. The Morgan fingerprint density at radius 2 is 1.97 bits per heavy atom. The molecule has 186 valence electrons. The SMILES string of the molecule is CC(=O)NCCN(c1cccc(C(=O)N2CCC(NS(C)(=O)=O)CC2)c1)c1ncnc2[nH]ccc12. The number of aromatic nitrogens is 3. The summed E-state index contributed by atoms with van der Waals surface area (Å²) in [5.74, 6) is 0.428. The summed E-state index contributed by atoms with van der Waals surface area (Å²) in [6.07, 6.45) is 5.54. The molecule has 3 aromatic rings. The van der Waals surface area contributed by atoms with Gasteiger partial charge in [0.15, 0.2) is 0 Å². The maximum absolute atomic E-state index is 13.3. The molecule has 0 unspecified atom stereocenters. The molecule has 3 N–H and O–H groups in total. The van der Waals surface area contributed by atoms with Crippen LogP contribution in [0, 0.1) is 0 Å². The zero-order chi connectivity index (χ0) is 25.0. The molecule has 0 spiro atoms. The molecule has 0 aliphatic carbocycles. The lowest BCUT2D eigenvalue weighted by Crippen LogP contribution is -2.46. The van der Waals surface area contributed by atoms with Crippen LogP contribution in [0.2, 0.25) is 0 Å². The summed E-state index contributed by atoms with van der Waals surface area (Å²) < 4.78 is 25.6.